The highest BCUT2D eigenvalue weighted by Gasteiger charge is 2.16. The van der Waals surface area contributed by atoms with Gasteiger partial charge in [-0.3, -0.25) is 0 Å². The summed E-state index contributed by atoms with van der Waals surface area (Å²) in [7, 11) is 0. The van der Waals surface area contributed by atoms with E-state index < -0.39 is 0 Å². The van der Waals surface area contributed by atoms with Crippen molar-refractivity contribution in [3.8, 4) is 0 Å². The van der Waals surface area contributed by atoms with Gasteiger partial charge in [0.1, 0.15) is 0 Å². The first-order valence-electron chi connectivity index (χ1n) is 4.02. The molecule has 0 saturated carbocycles. The fourth-order valence-electron chi connectivity index (χ4n) is 1.22. The third-order valence-corrected chi connectivity index (χ3v) is 2.26. The highest BCUT2D eigenvalue weighted by Crippen LogP contribution is 2.29. The topological polar surface area (TPSA) is 12.0 Å². The average Bonchev–Trinajstić information content (AvgIpc) is 2.03. The number of para-hydroxylation sites is 1. The van der Waals surface area contributed by atoms with Gasteiger partial charge in [0.15, 0.2) is 0 Å². The molecule has 0 amide bonds. The van der Waals surface area contributed by atoms with Crippen molar-refractivity contribution in [1.82, 2.24) is 0 Å². The van der Waals surface area contributed by atoms with Gasteiger partial charge < -0.3 is 4.34 Å². The van der Waals surface area contributed by atoms with Crippen LogP contribution < -0.4 is 4.34 Å². The van der Waals surface area contributed by atoms with E-state index in [1.807, 2.05) is 6.07 Å². The Kier molecular flexibility index (Phi) is 2.78. The van der Waals surface area contributed by atoms with E-state index in [2.05, 4.69) is 59.5 Å². The van der Waals surface area contributed by atoms with Crippen LogP contribution in [0.2, 0.25) is 0 Å². The summed E-state index contributed by atoms with van der Waals surface area (Å²) >= 11 is 3.25. The maximum Gasteiger partial charge on any atom is 0.0478 e. The quantitative estimate of drug-likeness (QED) is 0.722. The second-order valence-corrected chi connectivity index (χ2v) is 4.29. The van der Waals surface area contributed by atoms with Gasteiger partial charge in [0.2, 0.25) is 0 Å². The van der Waals surface area contributed by atoms with Gasteiger partial charge in [0.05, 0.1) is 0 Å². The third kappa shape index (κ3) is 2.01. The van der Waals surface area contributed by atoms with Crippen LogP contribution in [-0.2, 0) is 5.41 Å². The number of anilines is 1. The largest absolute Gasteiger partial charge is 0.322 e. The molecular weight excluding hydrogens is 214 g/mol. The zero-order valence-electron chi connectivity index (χ0n) is 7.69. The van der Waals surface area contributed by atoms with E-state index >= 15 is 0 Å². The molecule has 1 nitrogen and oxygen atoms in total. The van der Waals surface area contributed by atoms with Crippen LogP contribution in [0.5, 0.6) is 0 Å². The van der Waals surface area contributed by atoms with Gasteiger partial charge in [-0.2, -0.15) is 0 Å². The van der Waals surface area contributed by atoms with E-state index in [0.29, 0.717) is 0 Å². The summed E-state index contributed by atoms with van der Waals surface area (Å²) in [5.41, 5.74) is 2.66. The van der Waals surface area contributed by atoms with Gasteiger partial charge in [0.25, 0.3) is 0 Å². The van der Waals surface area contributed by atoms with E-state index in [4.69, 9.17) is 0 Å². The van der Waals surface area contributed by atoms with Crippen molar-refractivity contribution < 1.29 is 0 Å². The molecular formula is C10H14BrN. The molecule has 0 aromatic heterocycles. The SMILES string of the molecule is CC(C)(C)c1ccccc1NBr. The van der Waals surface area contributed by atoms with Crippen LogP contribution in [0.15, 0.2) is 24.3 Å². The summed E-state index contributed by atoms with van der Waals surface area (Å²) in [5, 5.41) is 0. The molecule has 0 aliphatic carbocycles. The van der Waals surface area contributed by atoms with Gasteiger partial charge in [-0.1, -0.05) is 39.0 Å². The monoisotopic (exact) mass is 227 g/mol. The summed E-state index contributed by atoms with van der Waals surface area (Å²) in [4.78, 5) is 0. The molecule has 1 N–H and O–H groups in total. The van der Waals surface area contributed by atoms with Crippen molar-refractivity contribution in [2.24, 2.45) is 0 Å². The van der Waals surface area contributed by atoms with Crippen LogP contribution in [0.4, 0.5) is 5.69 Å². The highest BCUT2D eigenvalue weighted by molar-refractivity contribution is 9.10. The zero-order chi connectivity index (χ0) is 9.19. The molecule has 0 aliphatic rings. The Bertz CT molecular complexity index is 263. The summed E-state index contributed by atoms with van der Waals surface area (Å²) in [6, 6.07) is 8.30. The lowest BCUT2D eigenvalue weighted by Gasteiger charge is -2.21. The molecule has 0 unspecified atom stereocenters. The van der Waals surface area contributed by atoms with E-state index in [1.165, 1.54) is 5.56 Å². The number of halogens is 1. The van der Waals surface area contributed by atoms with Crippen LogP contribution >= 0.6 is 16.1 Å². The predicted octanol–water partition coefficient (Wildman–Crippen LogP) is 3.71. The summed E-state index contributed by atoms with van der Waals surface area (Å²) < 4.78 is 3.01. The Morgan fingerprint density at radius 1 is 1.17 bits per heavy atom. The molecule has 0 bridgehead atoms. The minimum Gasteiger partial charge on any atom is -0.322 e. The average molecular weight is 228 g/mol. The molecule has 0 aliphatic heterocycles. The van der Waals surface area contributed by atoms with E-state index in [9.17, 15) is 0 Å². The second-order valence-electron chi connectivity index (χ2n) is 3.89. The van der Waals surface area contributed by atoms with Crippen molar-refractivity contribution in [2.45, 2.75) is 26.2 Å². The smallest absolute Gasteiger partial charge is 0.0478 e. The van der Waals surface area contributed by atoms with Crippen molar-refractivity contribution >= 4 is 21.8 Å². The first-order valence-corrected chi connectivity index (χ1v) is 4.81. The minimum absolute atomic E-state index is 0.192. The molecule has 0 radical (unpaired) electrons. The predicted molar refractivity (Wildman–Crippen MR) is 57.7 cm³/mol. The standard InChI is InChI=1S/C10H14BrN/c1-10(2,3)8-6-4-5-7-9(8)12-11/h4-7,12H,1-3H3. The Hall–Kier alpha value is -0.500. The van der Waals surface area contributed by atoms with Gasteiger partial charge in [-0.15, -0.1) is 0 Å². The Labute approximate surface area is 82.5 Å². The molecule has 2 heteroatoms. The second kappa shape index (κ2) is 3.48. The molecule has 1 rings (SSSR count). The maximum absolute atomic E-state index is 3.25. The lowest BCUT2D eigenvalue weighted by molar-refractivity contribution is 0.592. The van der Waals surface area contributed by atoms with Crippen molar-refractivity contribution in [1.29, 1.82) is 0 Å². The molecule has 12 heavy (non-hydrogen) atoms. The normalized spacial score (nSPS) is 11.3. The van der Waals surface area contributed by atoms with Crippen LogP contribution in [0, 0.1) is 0 Å². The molecule has 1 aromatic rings. The molecule has 0 spiro atoms. The van der Waals surface area contributed by atoms with Gasteiger partial charge in [0, 0.05) is 21.8 Å². The van der Waals surface area contributed by atoms with Crippen LogP contribution in [0.1, 0.15) is 26.3 Å². The molecule has 0 heterocycles. The molecule has 1 aromatic carbocycles. The minimum atomic E-state index is 0.192. The van der Waals surface area contributed by atoms with Gasteiger partial charge in [-0.05, 0) is 17.0 Å². The Balaban J connectivity index is 3.14. The molecule has 0 fully saturated rings. The third-order valence-electron chi connectivity index (χ3n) is 1.84. The van der Waals surface area contributed by atoms with Crippen molar-refractivity contribution in [3.63, 3.8) is 0 Å². The van der Waals surface area contributed by atoms with E-state index in [-0.39, 0.29) is 5.41 Å². The Morgan fingerprint density at radius 3 is 2.17 bits per heavy atom. The zero-order valence-corrected chi connectivity index (χ0v) is 9.27. The van der Waals surface area contributed by atoms with E-state index in [0.717, 1.165) is 5.69 Å². The molecule has 0 atom stereocenters. The van der Waals surface area contributed by atoms with Crippen molar-refractivity contribution in [3.05, 3.63) is 29.8 Å². The number of hydrogen-bond donors (Lipinski definition) is 1. The number of benzene rings is 1. The van der Waals surface area contributed by atoms with Gasteiger partial charge in [-0.25, -0.2) is 0 Å². The first kappa shape index (κ1) is 9.59. The lowest BCUT2D eigenvalue weighted by atomic mass is 9.86. The number of nitrogens with one attached hydrogen (secondary N) is 1. The maximum atomic E-state index is 3.25. The highest BCUT2D eigenvalue weighted by atomic mass is 79.9. The summed E-state index contributed by atoms with van der Waals surface area (Å²) in [6.45, 7) is 6.61. The lowest BCUT2D eigenvalue weighted by Crippen LogP contribution is -2.12. The summed E-state index contributed by atoms with van der Waals surface area (Å²) in [5.74, 6) is 0. The summed E-state index contributed by atoms with van der Waals surface area (Å²) in [6.07, 6.45) is 0. The van der Waals surface area contributed by atoms with Crippen LogP contribution in [0.25, 0.3) is 0 Å². The van der Waals surface area contributed by atoms with Gasteiger partial charge >= 0.3 is 0 Å². The van der Waals surface area contributed by atoms with Crippen LogP contribution in [0.3, 0.4) is 0 Å². The molecule has 0 saturated heterocycles. The fourth-order valence-corrected chi connectivity index (χ4v) is 1.57. The van der Waals surface area contributed by atoms with Crippen LogP contribution in [-0.4, -0.2) is 0 Å². The number of rotatable bonds is 1. The Morgan fingerprint density at radius 2 is 1.75 bits per heavy atom. The number of hydrogen-bond acceptors (Lipinski definition) is 1. The molecule has 66 valence electrons. The fraction of sp³-hybridized carbons (Fsp3) is 0.400. The van der Waals surface area contributed by atoms with E-state index in [1.54, 1.807) is 0 Å². The first-order chi connectivity index (χ1) is 5.55. The van der Waals surface area contributed by atoms with Crippen molar-refractivity contribution in [2.75, 3.05) is 4.34 Å².